The first-order valence-electron chi connectivity index (χ1n) is 45.8. The monoisotopic (exact) mass is 1910 g/mol. The highest BCUT2D eigenvalue weighted by atomic mass is 35.5. The van der Waals surface area contributed by atoms with Crippen LogP contribution in [-0.4, -0.2) is 173 Å². The number of hydrogen-bond acceptors (Lipinski definition) is 25. The Morgan fingerprint density at radius 3 is 1.15 bits per heavy atom. The smallest absolute Gasteiger partial charge is 0.231 e. The Hall–Kier alpha value is -13.2. The first kappa shape index (κ1) is 101. The predicted molar refractivity (Wildman–Crippen MR) is 535 cm³/mol. The van der Waals surface area contributed by atoms with Gasteiger partial charge < -0.3 is 49.8 Å². The highest BCUT2D eigenvalue weighted by Crippen LogP contribution is 2.45. The fraction of sp³-hybridized carbons (Fsp3) is 0.308. The molecule has 3 aromatic carbocycles. The van der Waals surface area contributed by atoms with E-state index in [9.17, 15) is 29.7 Å². The summed E-state index contributed by atoms with van der Waals surface area (Å²) >= 11 is 15.9. The van der Waals surface area contributed by atoms with Crippen molar-refractivity contribution in [3.8, 4) is 34.5 Å². The van der Waals surface area contributed by atoms with Crippen LogP contribution in [0.2, 0.25) is 10.3 Å². The summed E-state index contributed by atoms with van der Waals surface area (Å²) in [7, 11) is 3.70. The number of fused-ring (bicyclic) bond motifs is 10. The standard InChI is InChI=1S/C24H24N2O3.C23H23N3O3.C14H17NO3.C10H11NO.2C9H9N.2C8H6ClN.2CH4O.ClHN4/c1-15-5-7-17-16(6-9-20(17)25-15)13-22-23(28)18-8-10-21(27)19(24(18)29-22)14-26-11-3-2-4-12-26;1-14-2-4-16-15(3-6-19(16)25-14)12-21-22(28)17-5-7-20(27)18(23(17)29-21)13-26-10-8-24-9-11-26;16-12-5-4-10-13(17)9-18-14(10)11(12)8-15-6-2-1-3-7-15;1-7-3-4-8-9(11-7)5-6-10(8)12-2;2*1-7-5-6-8-3-2-4-9(8)10-7;2*9-8-5-4-6-2-1-3-7(6)10-8;2*1-2;1-3-5-4-2/h5-8,10,13,27H,2-4,9,11-12,14H2,1H3;2-5,7,12,24,27H,6,8-11,13H2,1H3;4-5,16H,1-3,6-9H2;3-4,6H,5H2,1-2H3;2*2-3,5-6H,4H2,1H3;2*1-2,4-5H,3H2;2*2H,1H3;2H/b22-13-;21-12-;;;;;;;;;. The number of halogens is 3. The Morgan fingerprint density at radius 2 is 0.759 bits per heavy atom. The highest BCUT2D eigenvalue weighted by Gasteiger charge is 2.36. The van der Waals surface area contributed by atoms with Gasteiger partial charge in [0.25, 0.3) is 0 Å². The number of aliphatic hydroxyl groups is 2. The number of aromatic nitrogens is 7. The van der Waals surface area contributed by atoms with Gasteiger partial charge in [-0.05, 0) is 233 Å². The average Bonchev–Trinajstić information content (AvgIpc) is 1.62. The second-order valence-electron chi connectivity index (χ2n) is 33.7. The number of hydrogen-bond donors (Lipinski definition) is 7. The van der Waals surface area contributed by atoms with E-state index in [2.05, 4.69) is 179 Å². The number of allylic oxidation sites excluding steroid dienone is 13. The number of piperidine rings is 2. The number of aliphatic hydroxyl groups excluding tert-OH is 2. The summed E-state index contributed by atoms with van der Waals surface area (Å²) in [6, 6.07) is 37.9. The molecule has 0 unspecified atom stereocenters. The summed E-state index contributed by atoms with van der Waals surface area (Å²) in [6.07, 6.45) is 40.3. The van der Waals surface area contributed by atoms with Crippen molar-refractivity contribution < 1.29 is 58.9 Å². The topological polar surface area (TPSA) is 362 Å². The second-order valence-corrected chi connectivity index (χ2v) is 34.6. The summed E-state index contributed by atoms with van der Waals surface area (Å²) in [5.74, 6) is 3.47. The van der Waals surface area contributed by atoms with Gasteiger partial charge in [0.1, 0.15) is 50.6 Å². The molecule has 0 radical (unpaired) electrons. The lowest BCUT2D eigenvalue weighted by molar-refractivity contribution is 0.0959. The van der Waals surface area contributed by atoms with Crippen LogP contribution in [0.25, 0.3) is 41.2 Å². The van der Waals surface area contributed by atoms with Crippen molar-refractivity contribution in [1.82, 2.24) is 54.9 Å². The fourth-order valence-electron chi connectivity index (χ4n) is 17.5. The van der Waals surface area contributed by atoms with Crippen molar-refractivity contribution in [2.75, 3.05) is 80.3 Å². The van der Waals surface area contributed by atoms with Crippen LogP contribution in [-0.2, 0) is 69.3 Å². The van der Waals surface area contributed by atoms with Gasteiger partial charge in [-0.25, -0.2) is 9.97 Å². The number of benzene rings is 3. The van der Waals surface area contributed by atoms with Crippen LogP contribution < -0.4 is 19.5 Å². The third-order valence-electron chi connectivity index (χ3n) is 24.3. The molecule has 0 atom stereocenters. The van der Waals surface area contributed by atoms with Crippen LogP contribution in [0.5, 0.6) is 34.5 Å². The van der Waals surface area contributed by atoms with Crippen molar-refractivity contribution in [3.05, 3.63) is 338 Å². The van der Waals surface area contributed by atoms with E-state index in [1.165, 1.54) is 72.2 Å². The number of methoxy groups -OCH3 is 1. The first-order valence-corrected chi connectivity index (χ1v) is 46.9. The zero-order valence-electron chi connectivity index (χ0n) is 78.3. The summed E-state index contributed by atoms with van der Waals surface area (Å²) in [4.78, 5) is 75.1. The maximum atomic E-state index is 13.0. The van der Waals surface area contributed by atoms with Gasteiger partial charge in [-0.3, -0.25) is 54.0 Å². The zero-order chi connectivity index (χ0) is 97.0. The Balaban J connectivity index is 0.000000136. The van der Waals surface area contributed by atoms with Crippen LogP contribution in [0.1, 0.15) is 194 Å². The number of likely N-dealkylation sites (tertiary alicyclic amines) is 2. The Bertz CT molecular complexity index is 6000. The molecular formula is C107H114Cl3N15O12. The van der Waals surface area contributed by atoms with Crippen molar-refractivity contribution in [2.24, 2.45) is 15.1 Å². The number of phenols is 3. The number of aryl methyl sites for hydroxylation is 5. The van der Waals surface area contributed by atoms with Crippen molar-refractivity contribution in [3.63, 3.8) is 0 Å². The largest absolute Gasteiger partial charge is 0.507 e. The Kier molecular flexibility index (Phi) is 36.6. The Morgan fingerprint density at radius 1 is 0.416 bits per heavy atom. The molecule has 3 saturated heterocycles. The number of rotatable bonds is 10. The number of piperazine rings is 1. The van der Waals surface area contributed by atoms with E-state index in [1.54, 1.807) is 49.6 Å². The molecule has 0 amide bonds. The van der Waals surface area contributed by atoms with Gasteiger partial charge in [-0.15, -0.1) is 0 Å². The number of aromatic hydroxyl groups is 3. The van der Waals surface area contributed by atoms with E-state index in [4.69, 9.17) is 57.9 Å². The minimum Gasteiger partial charge on any atom is -0.507 e. The molecule has 10 aromatic rings. The lowest BCUT2D eigenvalue weighted by Crippen LogP contribution is -2.42. The zero-order valence-corrected chi connectivity index (χ0v) is 80.5. The number of pyridine rings is 7. The molecule has 13 aliphatic rings. The van der Waals surface area contributed by atoms with Crippen LogP contribution in [0, 0.1) is 40.1 Å². The van der Waals surface area contributed by atoms with E-state index in [-0.39, 0.29) is 41.2 Å². The van der Waals surface area contributed by atoms with Crippen LogP contribution >= 0.6 is 35.0 Å². The van der Waals surface area contributed by atoms with E-state index < -0.39 is 0 Å². The molecule has 137 heavy (non-hydrogen) atoms. The van der Waals surface area contributed by atoms with Gasteiger partial charge in [0.15, 0.2) is 18.1 Å². The molecule has 0 bridgehead atoms. The van der Waals surface area contributed by atoms with E-state index in [0.717, 1.165) is 208 Å². The summed E-state index contributed by atoms with van der Waals surface area (Å²) in [5, 5.41) is 54.5. The van der Waals surface area contributed by atoms with Gasteiger partial charge in [-0.2, -0.15) is 5.53 Å². The maximum absolute atomic E-state index is 13.0. The quantitative estimate of drug-likeness (QED) is 0.0289. The molecule has 27 nitrogen and oxygen atoms in total. The number of Topliss-reactive ketones (excluding diaryl/α,β-unsaturated/α-hetero) is 3. The molecule has 13 heterocycles. The number of carbonyl (C=O) groups is 3. The lowest BCUT2D eigenvalue weighted by Gasteiger charge is -2.27. The van der Waals surface area contributed by atoms with Crippen LogP contribution in [0.4, 0.5) is 0 Å². The third kappa shape index (κ3) is 26.4. The predicted octanol–water partition coefficient (Wildman–Crippen LogP) is 19.9. The molecule has 30 heteroatoms. The normalized spacial score (nSPS) is 16.6. The summed E-state index contributed by atoms with van der Waals surface area (Å²) in [6.45, 7) is 19.7. The summed E-state index contributed by atoms with van der Waals surface area (Å²) in [5.41, 5.74) is 32.9. The minimum absolute atomic E-state index is 0.00453. The van der Waals surface area contributed by atoms with E-state index >= 15 is 0 Å². The number of nitrogens with one attached hydrogen (secondary N) is 2. The third-order valence-corrected chi connectivity index (χ3v) is 24.8. The molecule has 0 spiro atoms. The van der Waals surface area contributed by atoms with Crippen LogP contribution in [0.15, 0.2) is 203 Å². The SMILES string of the molecule is CO.CO.COC1=CCc2nc(C)ccc21.Cc1ccc2c(n1)CC=C2.Cc1ccc2c(n1)CC=C2.Cc1ccc2c(n1)CC=C2/C=C1\Oc2c(ccc(O)c2CN2CCCCC2)C1=O.Cc1ccc2c(n1)CC=C2/C=C1\Oc2c(ccc(O)c2CN2CCNCC2)C1=O.Clc1ccc2c(n1)CC=C2.Clc1ccc2c(n1)CC=C2.N=NN=NCl.O=C1COc2c1ccc(O)c2CN1CCCCC1. The maximum Gasteiger partial charge on any atom is 0.231 e. The highest BCUT2D eigenvalue weighted by molar-refractivity contribution is 6.29. The molecule has 7 aromatic heterocycles. The number of carbonyl (C=O) groups excluding carboxylic acids is 3. The molecule has 7 N–H and O–H groups in total. The number of ether oxygens (including phenoxy) is 4. The average molecular weight is 1910 g/mol. The number of nitrogens with zero attached hydrogens (tertiary/aromatic N) is 13. The molecule has 23 rings (SSSR count). The minimum atomic E-state index is -0.143. The van der Waals surface area contributed by atoms with Crippen molar-refractivity contribution in [2.45, 2.75) is 138 Å². The van der Waals surface area contributed by atoms with E-state index in [1.807, 2.05) is 95.3 Å². The van der Waals surface area contributed by atoms with Gasteiger partial charge in [0, 0.05) is 150 Å². The van der Waals surface area contributed by atoms with Gasteiger partial charge >= 0.3 is 0 Å². The molecule has 6 aliphatic heterocycles. The van der Waals surface area contributed by atoms with Crippen molar-refractivity contribution in [1.29, 1.82) is 5.53 Å². The van der Waals surface area contributed by atoms with E-state index in [0.29, 0.717) is 86.5 Å². The molecule has 3 fully saturated rings. The Labute approximate surface area is 813 Å². The first-order chi connectivity index (χ1) is 66.6. The second kappa shape index (κ2) is 49.5. The fourth-order valence-corrected chi connectivity index (χ4v) is 17.8. The van der Waals surface area contributed by atoms with Crippen LogP contribution in [0.3, 0.4) is 0 Å². The molecule has 7 aliphatic carbocycles. The molecule has 0 saturated carbocycles. The number of ketones is 3. The number of phenolic OH excluding ortho intramolecular Hbond substituents is 3. The summed E-state index contributed by atoms with van der Waals surface area (Å²) < 4.78 is 25.3. The van der Waals surface area contributed by atoms with Gasteiger partial charge in [0.05, 0.1) is 92.1 Å². The van der Waals surface area contributed by atoms with Crippen molar-refractivity contribution >= 4 is 93.5 Å². The van der Waals surface area contributed by atoms with Gasteiger partial charge in [-0.1, -0.05) is 138 Å². The molecule has 710 valence electrons. The lowest BCUT2D eigenvalue weighted by atomic mass is 10.0. The molecular weight excluding hydrogens is 1790 g/mol. The van der Waals surface area contributed by atoms with Gasteiger partial charge in [0.2, 0.25) is 17.3 Å².